The van der Waals surface area contributed by atoms with Crippen molar-refractivity contribution in [2.45, 2.75) is 50.5 Å². The van der Waals surface area contributed by atoms with E-state index in [1.807, 2.05) is 24.3 Å². The van der Waals surface area contributed by atoms with Crippen LogP contribution in [0.5, 0.6) is 5.75 Å². The number of anilines is 1. The van der Waals surface area contributed by atoms with Crippen LogP contribution in [0, 0.1) is 6.92 Å². The first kappa shape index (κ1) is 31.7. The van der Waals surface area contributed by atoms with Crippen molar-refractivity contribution in [1.29, 1.82) is 0 Å². The molecule has 1 atom stereocenters. The third-order valence-electron chi connectivity index (χ3n) is 6.82. The van der Waals surface area contributed by atoms with Gasteiger partial charge in [0, 0.05) is 26.2 Å². The lowest BCUT2D eigenvalue weighted by atomic mass is 10.1. The summed E-state index contributed by atoms with van der Waals surface area (Å²) in [6.45, 7) is 3.51. The van der Waals surface area contributed by atoms with Crippen molar-refractivity contribution >= 4 is 27.7 Å². The van der Waals surface area contributed by atoms with Crippen LogP contribution in [0.2, 0.25) is 0 Å². The maximum Gasteiger partial charge on any atom is 0.573 e. The SMILES string of the molecule is CCCc1ccc(CNC(=O)[C@H]2CN(c3cc(C)c(C(=O)O)nn3)CCN2S(=O)(=O)c2ccc(OC(F)(F)F)cc2)cc1. The Kier molecular flexibility index (Phi) is 9.55. The van der Waals surface area contributed by atoms with Gasteiger partial charge in [-0.25, -0.2) is 13.2 Å². The molecule has 1 aliphatic heterocycles. The first-order valence-corrected chi connectivity index (χ1v) is 14.8. The summed E-state index contributed by atoms with van der Waals surface area (Å²) >= 11 is 0. The zero-order chi connectivity index (χ0) is 31.4. The Morgan fingerprint density at radius 1 is 1.05 bits per heavy atom. The number of halogens is 3. The fraction of sp³-hybridized carbons (Fsp3) is 0.357. The van der Waals surface area contributed by atoms with Crippen LogP contribution in [-0.2, 0) is 27.8 Å². The first-order valence-electron chi connectivity index (χ1n) is 13.3. The second-order valence-corrected chi connectivity index (χ2v) is 11.8. The summed E-state index contributed by atoms with van der Waals surface area (Å²) in [6.07, 6.45) is -3.05. The Balaban J connectivity index is 1.59. The summed E-state index contributed by atoms with van der Waals surface area (Å²) in [5.41, 5.74) is 2.06. The van der Waals surface area contributed by atoms with Gasteiger partial charge in [-0.15, -0.1) is 23.4 Å². The average Bonchev–Trinajstić information content (AvgIpc) is 2.95. The molecule has 0 aliphatic carbocycles. The van der Waals surface area contributed by atoms with Gasteiger partial charge < -0.3 is 20.1 Å². The van der Waals surface area contributed by atoms with Crippen molar-refractivity contribution in [2.75, 3.05) is 24.5 Å². The second-order valence-electron chi connectivity index (χ2n) is 9.92. The van der Waals surface area contributed by atoms with Crippen molar-refractivity contribution in [2.24, 2.45) is 0 Å². The zero-order valence-electron chi connectivity index (χ0n) is 23.3. The highest BCUT2D eigenvalue weighted by atomic mass is 32.2. The number of hydrogen-bond acceptors (Lipinski definition) is 8. The van der Waals surface area contributed by atoms with Crippen LogP contribution in [-0.4, -0.2) is 71.9 Å². The molecule has 4 rings (SSSR count). The molecule has 0 radical (unpaired) electrons. The summed E-state index contributed by atoms with van der Waals surface area (Å²) in [4.78, 5) is 26.2. The van der Waals surface area contributed by atoms with Gasteiger partial charge in [-0.3, -0.25) is 4.79 Å². The third kappa shape index (κ3) is 7.78. The predicted molar refractivity (Wildman–Crippen MR) is 149 cm³/mol. The van der Waals surface area contributed by atoms with Crippen molar-refractivity contribution in [1.82, 2.24) is 19.8 Å². The fourth-order valence-electron chi connectivity index (χ4n) is 4.68. The van der Waals surface area contributed by atoms with Gasteiger partial charge in [-0.2, -0.15) is 4.31 Å². The number of amides is 1. The molecule has 1 amide bonds. The van der Waals surface area contributed by atoms with Gasteiger partial charge in [0.2, 0.25) is 15.9 Å². The maximum absolute atomic E-state index is 13.7. The molecule has 230 valence electrons. The highest BCUT2D eigenvalue weighted by molar-refractivity contribution is 7.89. The Hall–Kier alpha value is -4.24. The number of sulfonamides is 1. The number of piperazine rings is 1. The van der Waals surface area contributed by atoms with E-state index < -0.39 is 40.1 Å². The van der Waals surface area contributed by atoms with Gasteiger partial charge in [0.15, 0.2) is 11.5 Å². The first-order chi connectivity index (χ1) is 20.3. The second kappa shape index (κ2) is 13.0. The topological polar surface area (TPSA) is 142 Å². The quantitative estimate of drug-likeness (QED) is 0.348. The number of hydrogen-bond donors (Lipinski definition) is 2. The molecule has 0 spiro atoms. The lowest BCUT2D eigenvalue weighted by Crippen LogP contribution is -2.60. The van der Waals surface area contributed by atoms with E-state index in [-0.39, 0.29) is 42.6 Å². The molecule has 2 N–H and O–H groups in total. The Morgan fingerprint density at radius 3 is 2.28 bits per heavy atom. The van der Waals surface area contributed by atoms with E-state index in [2.05, 4.69) is 27.2 Å². The number of carboxylic acid groups (broad SMARTS) is 1. The van der Waals surface area contributed by atoms with E-state index in [9.17, 15) is 36.3 Å². The number of benzene rings is 2. The molecule has 1 saturated heterocycles. The maximum atomic E-state index is 13.7. The number of ether oxygens (including phenoxy) is 1. The van der Waals surface area contributed by atoms with Crippen LogP contribution >= 0.6 is 0 Å². The number of carbonyl (C=O) groups excluding carboxylic acids is 1. The standard InChI is InChI=1S/C28H30F3N5O6S/c1-3-4-19-5-7-20(8-6-19)16-32-26(37)23-17-35(24-15-18(2)25(27(38)39)34-33-24)13-14-36(23)43(40,41)22-11-9-21(10-12-22)42-28(29,30)31/h5-12,15,23H,3-4,13-14,16-17H2,1-2H3,(H,32,37)(H,38,39)/t23-/m1/s1. The molecule has 3 aromatic rings. The largest absolute Gasteiger partial charge is 0.573 e. The summed E-state index contributed by atoms with van der Waals surface area (Å²) in [6, 6.07) is 11.6. The predicted octanol–water partition coefficient (Wildman–Crippen LogP) is 3.53. The zero-order valence-corrected chi connectivity index (χ0v) is 24.2. The minimum atomic E-state index is -4.94. The molecule has 0 saturated carbocycles. The van der Waals surface area contributed by atoms with Crippen molar-refractivity contribution < 1.29 is 41.0 Å². The average molecular weight is 622 g/mol. The van der Waals surface area contributed by atoms with E-state index in [0.29, 0.717) is 5.56 Å². The van der Waals surface area contributed by atoms with Gasteiger partial charge in [-0.05, 0) is 60.4 Å². The monoisotopic (exact) mass is 621 g/mol. The summed E-state index contributed by atoms with van der Waals surface area (Å²) in [5, 5.41) is 19.8. The van der Waals surface area contributed by atoms with E-state index in [1.165, 1.54) is 6.07 Å². The molecule has 1 aliphatic rings. The third-order valence-corrected chi connectivity index (χ3v) is 8.75. The van der Waals surface area contributed by atoms with Crippen molar-refractivity contribution in [3.05, 3.63) is 77.0 Å². The van der Waals surface area contributed by atoms with Crippen LogP contribution < -0.4 is 15.0 Å². The molecule has 1 fully saturated rings. The van der Waals surface area contributed by atoms with E-state index in [0.717, 1.165) is 52.5 Å². The fourth-order valence-corrected chi connectivity index (χ4v) is 6.25. The Morgan fingerprint density at radius 2 is 1.70 bits per heavy atom. The summed E-state index contributed by atoms with van der Waals surface area (Å²) in [7, 11) is -4.35. The van der Waals surface area contributed by atoms with Crippen LogP contribution in [0.1, 0.15) is 40.5 Å². The molecule has 2 heterocycles. The van der Waals surface area contributed by atoms with Gasteiger partial charge in [0.1, 0.15) is 11.8 Å². The number of aromatic nitrogens is 2. The normalized spacial score (nSPS) is 16.1. The molecule has 0 unspecified atom stereocenters. The number of rotatable bonds is 10. The Labute approximate surface area is 246 Å². The van der Waals surface area contributed by atoms with Gasteiger partial charge in [0.05, 0.1) is 4.90 Å². The summed E-state index contributed by atoms with van der Waals surface area (Å²) in [5.74, 6) is -2.18. The molecule has 15 heteroatoms. The van der Waals surface area contributed by atoms with Gasteiger partial charge in [0.25, 0.3) is 0 Å². The molecule has 11 nitrogen and oxygen atoms in total. The van der Waals surface area contributed by atoms with Crippen molar-refractivity contribution in [3.63, 3.8) is 0 Å². The van der Waals surface area contributed by atoms with E-state index >= 15 is 0 Å². The van der Waals surface area contributed by atoms with Gasteiger partial charge >= 0.3 is 12.3 Å². The van der Waals surface area contributed by atoms with Crippen LogP contribution in [0.25, 0.3) is 0 Å². The lowest BCUT2D eigenvalue weighted by molar-refractivity contribution is -0.274. The lowest BCUT2D eigenvalue weighted by Gasteiger charge is -2.40. The summed E-state index contributed by atoms with van der Waals surface area (Å²) < 4.78 is 69.9. The molecule has 43 heavy (non-hydrogen) atoms. The number of aryl methyl sites for hydroxylation is 2. The number of aromatic carboxylic acids is 1. The number of alkyl halides is 3. The molecule has 1 aromatic heterocycles. The molecular formula is C28H30F3N5O6S. The molecule has 2 aromatic carbocycles. The smallest absolute Gasteiger partial charge is 0.476 e. The number of nitrogens with one attached hydrogen (secondary N) is 1. The van der Waals surface area contributed by atoms with Crippen LogP contribution in [0.15, 0.2) is 59.5 Å². The minimum absolute atomic E-state index is 0.0811. The van der Waals surface area contributed by atoms with Crippen molar-refractivity contribution in [3.8, 4) is 5.75 Å². The highest BCUT2D eigenvalue weighted by Crippen LogP contribution is 2.28. The number of carboxylic acids is 1. The minimum Gasteiger partial charge on any atom is -0.476 e. The number of carbonyl (C=O) groups is 2. The van der Waals surface area contributed by atoms with Gasteiger partial charge in [-0.1, -0.05) is 37.6 Å². The molecular weight excluding hydrogens is 591 g/mol. The van der Waals surface area contributed by atoms with Crippen LogP contribution in [0.4, 0.5) is 19.0 Å². The molecule has 0 bridgehead atoms. The van der Waals surface area contributed by atoms with E-state index in [1.54, 1.807) is 11.8 Å². The van der Waals surface area contributed by atoms with E-state index in [4.69, 9.17) is 0 Å². The Bertz CT molecular complexity index is 1570. The number of nitrogens with zero attached hydrogens (tertiary/aromatic N) is 4. The van der Waals surface area contributed by atoms with Crippen LogP contribution in [0.3, 0.4) is 0 Å². The highest BCUT2D eigenvalue weighted by Gasteiger charge is 2.41.